The molecule has 0 aromatic carbocycles. The van der Waals surface area contributed by atoms with Crippen LogP contribution in [0.5, 0.6) is 0 Å². The van der Waals surface area contributed by atoms with Gasteiger partial charge in [0.05, 0.1) is 0 Å². The van der Waals surface area contributed by atoms with Crippen molar-refractivity contribution >= 4 is 0 Å². The first-order valence-electron chi connectivity index (χ1n) is 4.74. The van der Waals surface area contributed by atoms with Crippen LogP contribution in [0.1, 0.15) is 26.2 Å². The highest BCUT2D eigenvalue weighted by Gasteiger charge is 2.33. The maximum absolute atomic E-state index is 12.7. The molecule has 0 aromatic heterocycles. The molecule has 0 bridgehead atoms. The second kappa shape index (κ2) is 4.18. The van der Waals surface area contributed by atoms with E-state index in [0.717, 1.165) is 18.5 Å². The van der Waals surface area contributed by atoms with Crippen LogP contribution in [0.15, 0.2) is 12.2 Å². The van der Waals surface area contributed by atoms with E-state index in [1.165, 1.54) is 0 Å². The molecule has 0 N–H and O–H groups in total. The Bertz CT molecular complexity index is 179. The van der Waals surface area contributed by atoms with Gasteiger partial charge in [-0.1, -0.05) is 5.57 Å². The van der Waals surface area contributed by atoms with E-state index in [0.29, 0.717) is 13.1 Å². The van der Waals surface area contributed by atoms with Crippen molar-refractivity contribution in [2.24, 2.45) is 0 Å². The second-order valence-corrected chi connectivity index (χ2v) is 3.90. The largest absolute Gasteiger partial charge is 0.303 e. The van der Waals surface area contributed by atoms with E-state index in [-0.39, 0.29) is 12.8 Å². The molecule has 1 rings (SSSR count). The summed E-state index contributed by atoms with van der Waals surface area (Å²) in [7, 11) is 0. The van der Waals surface area contributed by atoms with Gasteiger partial charge in [-0.25, -0.2) is 8.78 Å². The predicted octanol–water partition coefficient (Wildman–Crippen LogP) is 2.68. The maximum Gasteiger partial charge on any atom is 0.250 e. The lowest BCUT2D eigenvalue weighted by atomic mass is 10.1. The van der Waals surface area contributed by atoms with E-state index in [1.54, 1.807) is 0 Å². The maximum atomic E-state index is 12.7. The Morgan fingerprint density at radius 1 is 1.38 bits per heavy atom. The lowest BCUT2D eigenvalue weighted by Gasteiger charge is -2.31. The summed E-state index contributed by atoms with van der Waals surface area (Å²) in [6, 6.07) is 0. The van der Waals surface area contributed by atoms with Gasteiger partial charge in [0.2, 0.25) is 0 Å². The van der Waals surface area contributed by atoms with Crippen molar-refractivity contribution in [2.45, 2.75) is 32.1 Å². The number of likely N-dealkylation sites (tertiary alicyclic amines) is 1. The van der Waals surface area contributed by atoms with Crippen LogP contribution in [0, 0.1) is 0 Å². The van der Waals surface area contributed by atoms with Crippen LogP contribution in [-0.4, -0.2) is 30.5 Å². The van der Waals surface area contributed by atoms with Gasteiger partial charge in [0.1, 0.15) is 0 Å². The number of piperidine rings is 1. The number of halogens is 2. The fourth-order valence-electron chi connectivity index (χ4n) is 1.45. The van der Waals surface area contributed by atoms with E-state index in [2.05, 4.69) is 11.5 Å². The number of hydrogen-bond acceptors (Lipinski definition) is 1. The summed E-state index contributed by atoms with van der Waals surface area (Å²) in [5, 5.41) is 0. The minimum absolute atomic E-state index is 0.0171. The van der Waals surface area contributed by atoms with E-state index in [1.807, 2.05) is 6.92 Å². The summed E-state index contributed by atoms with van der Waals surface area (Å²) in [6.45, 7) is 7.70. The average Bonchev–Trinajstić information content (AvgIpc) is 2.02. The number of hydrogen-bond donors (Lipinski definition) is 0. The van der Waals surface area contributed by atoms with Crippen molar-refractivity contribution in [3.05, 3.63) is 12.2 Å². The fraction of sp³-hybridized carbons (Fsp3) is 0.800. The average molecular weight is 189 g/mol. The smallest absolute Gasteiger partial charge is 0.250 e. The standard InChI is InChI=1S/C10H17F2N/c1-9(2)3-6-13-7-4-10(11,12)5-8-13/h1,3-8H2,2H3. The monoisotopic (exact) mass is 189 g/mol. The lowest BCUT2D eigenvalue weighted by Crippen LogP contribution is -2.39. The van der Waals surface area contributed by atoms with Crippen molar-refractivity contribution in [1.29, 1.82) is 0 Å². The molecule has 1 aliphatic heterocycles. The van der Waals surface area contributed by atoms with E-state index in [9.17, 15) is 8.78 Å². The lowest BCUT2D eigenvalue weighted by molar-refractivity contribution is -0.0547. The van der Waals surface area contributed by atoms with Gasteiger partial charge in [0, 0.05) is 32.5 Å². The summed E-state index contributed by atoms with van der Waals surface area (Å²) < 4.78 is 25.5. The van der Waals surface area contributed by atoms with Crippen LogP contribution in [-0.2, 0) is 0 Å². The molecule has 1 aliphatic rings. The van der Waals surface area contributed by atoms with Crippen LogP contribution in [0.3, 0.4) is 0 Å². The van der Waals surface area contributed by atoms with E-state index < -0.39 is 5.92 Å². The summed E-state index contributed by atoms with van der Waals surface area (Å²) >= 11 is 0. The molecule has 0 aliphatic carbocycles. The summed E-state index contributed by atoms with van der Waals surface area (Å²) in [6.07, 6.45) is 0.956. The van der Waals surface area contributed by atoms with Gasteiger partial charge < -0.3 is 4.90 Å². The number of nitrogens with zero attached hydrogens (tertiary/aromatic N) is 1. The third kappa shape index (κ3) is 3.85. The third-order valence-corrected chi connectivity index (χ3v) is 2.44. The van der Waals surface area contributed by atoms with Crippen LogP contribution in [0.2, 0.25) is 0 Å². The number of rotatable bonds is 3. The molecule has 0 radical (unpaired) electrons. The van der Waals surface area contributed by atoms with Gasteiger partial charge in [-0.2, -0.15) is 0 Å². The summed E-state index contributed by atoms with van der Waals surface area (Å²) in [5.41, 5.74) is 1.12. The molecular weight excluding hydrogens is 172 g/mol. The Labute approximate surface area is 78.4 Å². The molecule has 0 saturated carbocycles. The molecule has 1 saturated heterocycles. The minimum atomic E-state index is -2.42. The molecule has 0 unspecified atom stereocenters. The molecule has 1 heterocycles. The molecular formula is C10H17F2N. The van der Waals surface area contributed by atoms with Crippen molar-refractivity contribution in [3.63, 3.8) is 0 Å². The Balaban J connectivity index is 2.21. The van der Waals surface area contributed by atoms with Gasteiger partial charge in [-0.05, 0) is 13.3 Å². The highest BCUT2D eigenvalue weighted by Crippen LogP contribution is 2.27. The minimum Gasteiger partial charge on any atom is -0.303 e. The highest BCUT2D eigenvalue weighted by molar-refractivity contribution is 4.89. The number of alkyl halides is 2. The molecule has 76 valence electrons. The highest BCUT2D eigenvalue weighted by atomic mass is 19.3. The Kier molecular flexibility index (Phi) is 3.42. The molecule has 0 spiro atoms. The van der Waals surface area contributed by atoms with Gasteiger partial charge in [-0.15, -0.1) is 6.58 Å². The van der Waals surface area contributed by atoms with Crippen molar-refractivity contribution in [2.75, 3.05) is 19.6 Å². The first-order valence-corrected chi connectivity index (χ1v) is 4.74. The molecule has 3 heteroatoms. The Hall–Kier alpha value is -0.440. The van der Waals surface area contributed by atoms with Crippen molar-refractivity contribution in [3.8, 4) is 0 Å². The van der Waals surface area contributed by atoms with E-state index in [4.69, 9.17) is 0 Å². The second-order valence-electron chi connectivity index (χ2n) is 3.90. The van der Waals surface area contributed by atoms with Gasteiger partial charge in [0.15, 0.2) is 0 Å². The Morgan fingerprint density at radius 3 is 2.38 bits per heavy atom. The third-order valence-electron chi connectivity index (χ3n) is 2.44. The predicted molar refractivity (Wildman–Crippen MR) is 50.1 cm³/mol. The first-order chi connectivity index (χ1) is 5.99. The zero-order chi connectivity index (χ0) is 9.90. The van der Waals surface area contributed by atoms with E-state index >= 15 is 0 Å². The molecule has 13 heavy (non-hydrogen) atoms. The molecule has 0 amide bonds. The zero-order valence-electron chi connectivity index (χ0n) is 8.15. The van der Waals surface area contributed by atoms with Crippen LogP contribution in [0.25, 0.3) is 0 Å². The zero-order valence-corrected chi connectivity index (χ0v) is 8.15. The Morgan fingerprint density at radius 2 is 1.92 bits per heavy atom. The van der Waals surface area contributed by atoms with Gasteiger partial charge >= 0.3 is 0 Å². The quantitative estimate of drug-likeness (QED) is 0.617. The normalized spacial score (nSPS) is 23.0. The summed E-state index contributed by atoms with van der Waals surface area (Å²) in [5.74, 6) is -2.42. The van der Waals surface area contributed by atoms with Crippen molar-refractivity contribution in [1.82, 2.24) is 4.90 Å². The topological polar surface area (TPSA) is 3.24 Å². The molecule has 0 atom stereocenters. The summed E-state index contributed by atoms with van der Waals surface area (Å²) in [4.78, 5) is 2.09. The van der Waals surface area contributed by atoms with Crippen LogP contribution < -0.4 is 0 Å². The SMILES string of the molecule is C=C(C)CCN1CCC(F)(F)CC1. The van der Waals surface area contributed by atoms with Crippen molar-refractivity contribution < 1.29 is 8.78 Å². The molecule has 1 nitrogen and oxygen atoms in total. The fourth-order valence-corrected chi connectivity index (χ4v) is 1.45. The van der Waals surface area contributed by atoms with Gasteiger partial charge in [-0.3, -0.25) is 0 Å². The molecule has 1 fully saturated rings. The van der Waals surface area contributed by atoms with Gasteiger partial charge in [0.25, 0.3) is 5.92 Å². The first kappa shape index (κ1) is 10.6. The molecule has 0 aromatic rings. The van der Waals surface area contributed by atoms with Crippen LogP contribution >= 0.6 is 0 Å². The van der Waals surface area contributed by atoms with Crippen LogP contribution in [0.4, 0.5) is 8.78 Å².